The first-order valence-corrected chi connectivity index (χ1v) is 13.8. The summed E-state index contributed by atoms with van der Waals surface area (Å²) < 4.78 is 6.42. The third kappa shape index (κ3) is 3.20. The first-order chi connectivity index (χ1) is 20.3. The lowest BCUT2D eigenvalue weighted by molar-refractivity contribution is 0.670. The number of para-hydroxylation sites is 2. The van der Waals surface area contributed by atoms with Crippen LogP contribution in [-0.4, -0.2) is 9.97 Å². The fraction of sp³-hybridized carbons (Fsp3) is 0. The number of fused-ring (bicyclic) bond motifs is 13. The predicted octanol–water partition coefficient (Wildman–Crippen LogP) is 10.2. The fourth-order valence-electron chi connectivity index (χ4n) is 6.53. The van der Waals surface area contributed by atoms with Crippen molar-refractivity contribution in [1.29, 1.82) is 0 Å². The molecule has 0 fully saturated rings. The average Bonchev–Trinajstić information content (AvgIpc) is 3.42. The molecule has 3 heterocycles. The zero-order valence-corrected chi connectivity index (χ0v) is 22.0. The van der Waals surface area contributed by atoms with E-state index in [0.29, 0.717) is 0 Å². The van der Waals surface area contributed by atoms with Crippen LogP contribution in [0.2, 0.25) is 0 Å². The number of hydrogen-bond acceptors (Lipinski definition) is 3. The lowest BCUT2D eigenvalue weighted by Crippen LogP contribution is -2.00. The fourth-order valence-corrected chi connectivity index (χ4v) is 6.53. The summed E-state index contributed by atoms with van der Waals surface area (Å²) >= 11 is 0. The van der Waals surface area contributed by atoms with E-state index in [9.17, 15) is 0 Å². The molecule has 0 unspecified atom stereocenters. The summed E-state index contributed by atoms with van der Waals surface area (Å²) in [6.45, 7) is 0. The Hall–Kier alpha value is -5.54. The number of aromatic nitrogens is 2. The molecule has 41 heavy (non-hydrogen) atoms. The number of nitrogens with zero attached hydrogens (tertiary/aromatic N) is 2. The molecule has 3 nitrogen and oxygen atoms in total. The van der Waals surface area contributed by atoms with Crippen LogP contribution in [-0.2, 0) is 0 Å². The van der Waals surface area contributed by atoms with Crippen LogP contribution in [0, 0.1) is 0 Å². The minimum absolute atomic E-state index is 0.897. The van der Waals surface area contributed by atoms with Crippen molar-refractivity contribution in [1.82, 2.24) is 9.97 Å². The largest absolute Gasteiger partial charge is 0.455 e. The first-order valence-electron chi connectivity index (χ1n) is 13.8. The van der Waals surface area contributed by atoms with Gasteiger partial charge in [-0.25, -0.2) is 0 Å². The van der Waals surface area contributed by atoms with Crippen LogP contribution in [0.15, 0.2) is 138 Å². The van der Waals surface area contributed by atoms with Gasteiger partial charge in [0.25, 0.3) is 0 Å². The zero-order chi connectivity index (χ0) is 26.9. The van der Waals surface area contributed by atoms with Crippen molar-refractivity contribution in [3.05, 3.63) is 134 Å². The van der Waals surface area contributed by atoms with Gasteiger partial charge in [0.05, 0.1) is 11.0 Å². The third-order valence-corrected chi connectivity index (χ3v) is 8.35. The molecule has 1 aliphatic carbocycles. The Bertz CT molecular complexity index is 2320. The van der Waals surface area contributed by atoms with Gasteiger partial charge in [-0.3, -0.25) is 9.97 Å². The maximum Gasteiger partial charge on any atom is 0.143 e. The zero-order valence-electron chi connectivity index (χ0n) is 22.0. The monoisotopic (exact) mass is 522 g/mol. The summed E-state index contributed by atoms with van der Waals surface area (Å²) in [5.74, 6) is 0. The second kappa shape index (κ2) is 8.48. The number of pyridine rings is 2. The van der Waals surface area contributed by atoms with Gasteiger partial charge in [-0.15, -0.1) is 0 Å². The Morgan fingerprint density at radius 1 is 0.463 bits per heavy atom. The average molecular weight is 523 g/mol. The molecule has 0 saturated heterocycles. The molecule has 3 aromatic heterocycles. The van der Waals surface area contributed by atoms with Crippen molar-refractivity contribution in [3.63, 3.8) is 0 Å². The van der Waals surface area contributed by atoms with Gasteiger partial charge >= 0.3 is 0 Å². The van der Waals surface area contributed by atoms with Gasteiger partial charge in [-0.05, 0) is 63.2 Å². The first kappa shape index (κ1) is 22.3. The molecule has 190 valence electrons. The van der Waals surface area contributed by atoms with E-state index in [1.807, 2.05) is 36.7 Å². The molecule has 0 N–H and O–H groups in total. The number of benzene rings is 5. The Morgan fingerprint density at radius 3 is 2.02 bits per heavy atom. The maximum atomic E-state index is 6.42. The Kier molecular flexibility index (Phi) is 4.61. The second-order valence-electron chi connectivity index (χ2n) is 10.6. The van der Waals surface area contributed by atoms with E-state index in [1.54, 1.807) is 0 Å². The molecule has 5 aromatic carbocycles. The van der Waals surface area contributed by atoms with Gasteiger partial charge < -0.3 is 4.42 Å². The van der Waals surface area contributed by atoms with Gasteiger partial charge in [-0.1, -0.05) is 97.1 Å². The molecule has 0 amide bonds. The number of furan rings is 1. The van der Waals surface area contributed by atoms with Crippen LogP contribution in [0.3, 0.4) is 0 Å². The summed E-state index contributed by atoms with van der Waals surface area (Å²) in [4.78, 5) is 9.66. The highest BCUT2D eigenvalue weighted by molar-refractivity contribution is 6.12. The van der Waals surface area contributed by atoms with Crippen molar-refractivity contribution >= 4 is 33.0 Å². The van der Waals surface area contributed by atoms with Gasteiger partial charge in [-0.2, -0.15) is 0 Å². The normalized spacial score (nSPS) is 11.9. The molecule has 0 saturated carbocycles. The summed E-state index contributed by atoms with van der Waals surface area (Å²) in [5, 5.41) is 2.27. The molecule has 0 aliphatic heterocycles. The van der Waals surface area contributed by atoms with E-state index >= 15 is 0 Å². The molecule has 0 radical (unpaired) electrons. The summed E-state index contributed by atoms with van der Waals surface area (Å²) in [5.41, 5.74) is 15.1. The van der Waals surface area contributed by atoms with Crippen LogP contribution < -0.4 is 0 Å². The predicted molar refractivity (Wildman–Crippen MR) is 168 cm³/mol. The van der Waals surface area contributed by atoms with Crippen molar-refractivity contribution in [2.45, 2.75) is 0 Å². The highest BCUT2D eigenvalue weighted by atomic mass is 16.3. The molecule has 8 aromatic rings. The molecule has 0 spiro atoms. The van der Waals surface area contributed by atoms with Crippen LogP contribution in [0.1, 0.15) is 0 Å². The Balaban J connectivity index is 1.37. The van der Waals surface area contributed by atoms with Gasteiger partial charge in [0.15, 0.2) is 0 Å². The summed E-state index contributed by atoms with van der Waals surface area (Å²) in [6.07, 6.45) is 3.87. The van der Waals surface area contributed by atoms with E-state index in [0.717, 1.165) is 66.4 Å². The lowest BCUT2D eigenvalue weighted by atomic mass is 9.80. The van der Waals surface area contributed by atoms with Gasteiger partial charge in [0.2, 0.25) is 0 Å². The minimum atomic E-state index is 0.897. The number of hydrogen-bond donors (Lipinski definition) is 0. The van der Waals surface area contributed by atoms with Gasteiger partial charge in [0, 0.05) is 39.9 Å². The van der Waals surface area contributed by atoms with Crippen molar-refractivity contribution < 1.29 is 4.42 Å². The SMILES string of the molecule is c1ccc2c(c1)-c1cc(-c3cccc4c3oc3ccccc34)ccc1-c1ccccc1-c1c-2cnc2cccnc12. The highest BCUT2D eigenvalue weighted by Gasteiger charge is 2.25. The van der Waals surface area contributed by atoms with Crippen molar-refractivity contribution in [2.75, 3.05) is 0 Å². The summed E-state index contributed by atoms with van der Waals surface area (Å²) in [6, 6.07) is 42.8. The third-order valence-electron chi connectivity index (χ3n) is 8.35. The van der Waals surface area contributed by atoms with Crippen LogP contribution in [0.4, 0.5) is 0 Å². The van der Waals surface area contributed by atoms with E-state index in [-0.39, 0.29) is 0 Å². The Morgan fingerprint density at radius 2 is 1.15 bits per heavy atom. The minimum Gasteiger partial charge on any atom is -0.455 e. The standard InChI is InChI=1S/C38H22N2O/c1-2-11-27-26(10-1)32-21-23(24-14-7-15-31-29-12-5-6-17-35(29)41-38(24)31)18-19-28(32)25-9-3-4-13-30(25)36-33(27)22-40-34-16-8-20-39-37(34)36/h1-22H. The molecule has 0 atom stereocenters. The van der Waals surface area contributed by atoms with Crippen molar-refractivity contribution in [3.8, 4) is 55.6 Å². The molecular weight excluding hydrogens is 500 g/mol. The lowest BCUT2D eigenvalue weighted by Gasteiger charge is -2.24. The van der Waals surface area contributed by atoms with E-state index < -0.39 is 0 Å². The second-order valence-corrected chi connectivity index (χ2v) is 10.6. The van der Waals surface area contributed by atoms with Crippen LogP contribution in [0.5, 0.6) is 0 Å². The highest BCUT2D eigenvalue weighted by Crippen LogP contribution is 2.50. The molecule has 9 rings (SSSR count). The maximum absolute atomic E-state index is 6.42. The van der Waals surface area contributed by atoms with Crippen molar-refractivity contribution in [2.24, 2.45) is 0 Å². The molecule has 1 aliphatic rings. The number of rotatable bonds is 1. The van der Waals surface area contributed by atoms with Gasteiger partial charge in [0.1, 0.15) is 11.2 Å². The Labute approximate surface area is 236 Å². The molecular formula is C38H22N2O. The van der Waals surface area contributed by atoms with E-state index in [4.69, 9.17) is 14.4 Å². The smallest absolute Gasteiger partial charge is 0.143 e. The van der Waals surface area contributed by atoms with Crippen LogP contribution in [0.25, 0.3) is 88.6 Å². The summed E-state index contributed by atoms with van der Waals surface area (Å²) in [7, 11) is 0. The van der Waals surface area contributed by atoms with E-state index in [1.165, 1.54) is 22.3 Å². The molecule has 3 heteroatoms. The van der Waals surface area contributed by atoms with E-state index in [2.05, 4.69) is 97.1 Å². The topological polar surface area (TPSA) is 38.9 Å². The quantitative estimate of drug-likeness (QED) is 0.215. The molecule has 0 bridgehead atoms. The van der Waals surface area contributed by atoms with Crippen LogP contribution >= 0.6 is 0 Å².